The predicted molar refractivity (Wildman–Crippen MR) is 129 cm³/mol. The summed E-state index contributed by atoms with van der Waals surface area (Å²) in [7, 11) is 0. The van der Waals surface area contributed by atoms with Crippen LogP contribution in [-0.4, -0.2) is 52.5 Å². The highest BCUT2D eigenvalue weighted by Gasteiger charge is 2.35. The van der Waals surface area contributed by atoms with Gasteiger partial charge in [0.25, 0.3) is 0 Å². The van der Waals surface area contributed by atoms with Crippen molar-refractivity contribution in [2.24, 2.45) is 0 Å². The number of hydrogen-bond donors (Lipinski definition) is 0. The number of benzene rings is 2. The van der Waals surface area contributed by atoms with E-state index in [0.717, 1.165) is 73.8 Å². The first-order valence-electron chi connectivity index (χ1n) is 12.0. The van der Waals surface area contributed by atoms with Gasteiger partial charge in [-0.3, -0.25) is 4.90 Å². The van der Waals surface area contributed by atoms with E-state index in [1.165, 1.54) is 16.9 Å². The van der Waals surface area contributed by atoms with Crippen molar-refractivity contribution in [3.05, 3.63) is 71.4 Å². The highest BCUT2D eigenvalue weighted by Crippen LogP contribution is 2.42. The number of imidazole rings is 1. The smallest absolute Gasteiger partial charge is 0.141 e. The van der Waals surface area contributed by atoms with Gasteiger partial charge in [0.15, 0.2) is 0 Å². The lowest BCUT2D eigenvalue weighted by Crippen LogP contribution is -2.39. The number of aryl methyl sites for hydroxylation is 2. The minimum absolute atomic E-state index is 0.424. The lowest BCUT2D eigenvalue weighted by Gasteiger charge is -2.30. The third-order valence-corrected chi connectivity index (χ3v) is 7.22. The number of nitrogens with zero attached hydrogens (tertiary/aromatic N) is 4. The third kappa shape index (κ3) is 3.77. The second kappa shape index (κ2) is 8.43. The average molecular weight is 443 g/mol. The SMILES string of the molecule is Cc1noc(C)c1-c1ccc2c(c1)nc1n2[C@H](CN2CCOCC2)C[C@H]1Cc1ccccc1. The van der Waals surface area contributed by atoms with Gasteiger partial charge in [-0.05, 0) is 49.9 Å². The Kier molecular flexibility index (Phi) is 5.27. The maximum absolute atomic E-state index is 5.58. The van der Waals surface area contributed by atoms with Crippen LogP contribution in [-0.2, 0) is 11.2 Å². The van der Waals surface area contributed by atoms with E-state index >= 15 is 0 Å². The van der Waals surface area contributed by atoms with E-state index in [9.17, 15) is 0 Å². The molecule has 2 aliphatic heterocycles. The highest BCUT2D eigenvalue weighted by molar-refractivity contribution is 5.84. The van der Waals surface area contributed by atoms with Gasteiger partial charge in [-0.15, -0.1) is 0 Å². The topological polar surface area (TPSA) is 56.3 Å². The summed E-state index contributed by atoms with van der Waals surface area (Å²) < 4.78 is 13.5. The second-order valence-electron chi connectivity index (χ2n) is 9.43. The van der Waals surface area contributed by atoms with Gasteiger partial charge in [0, 0.05) is 37.2 Å². The Morgan fingerprint density at radius 3 is 2.61 bits per heavy atom. The van der Waals surface area contributed by atoms with E-state index in [1.54, 1.807) is 0 Å². The van der Waals surface area contributed by atoms with E-state index < -0.39 is 0 Å². The third-order valence-electron chi connectivity index (χ3n) is 7.22. The Labute approximate surface area is 194 Å². The van der Waals surface area contributed by atoms with Crippen LogP contribution in [0.3, 0.4) is 0 Å². The molecule has 33 heavy (non-hydrogen) atoms. The molecule has 4 aromatic rings. The Bertz CT molecular complexity index is 1250. The summed E-state index contributed by atoms with van der Waals surface area (Å²) in [4.78, 5) is 7.76. The number of morpholine rings is 1. The minimum Gasteiger partial charge on any atom is -0.379 e. The van der Waals surface area contributed by atoms with Gasteiger partial charge in [-0.1, -0.05) is 41.6 Å². The van der Waals surface area contributed by atoms with Crippen LogP contribution in [0.15, 0.2) is 53.1 Å². The molecule has 0 radical (unpaired) electrons. The van der Waals surface area contributed by atoms with Gasteiger partial charge in [0.2, 0.25) is 0 Å². The summed E-state index contributed by atoms with van der Waals surface area (Å²) in [5.41, 5.74) is 6.80. The molecule has 0 N–H and O–H groups in total. The highest BCUT2D eigenvalue weighted by atomic mass is 16.5. The Balaban J connectivity index is 1.39. The minimum atomic E-state index is 0.424. The molecule has 0 aliphatic carbocycles. The summed E-state index contributed by atoms with van der Waals surface area (Å²) >= 11 is 0. The number of aromatic nitrogens is 3. The van der Waals surface area contributed by atoms with Crippen molar-refractivity contribution in [1.82, 2.24) is 19.6 Å². The molecule has 0 bridgehead atoms. The van der Waals surface area contributed by atoms with Crippen molar-refractivity contribution in [2.45, 2.75) is 38.6 Å². The van der Waals surface area contributed by atoms with Crippen LogP contribution in [0, 0.1) is 13.8 Å². The van der Waals surface area contributed by atoms with E-state index in [-0.39, 0.29) is 0 Å². The van der Waals surface area contributed by atoms with Crippen molar-refractivity contribution in [2.75, 3.05) is 32.8 Å². The quantitative estimate of drug-likeness (QED) is 0.440. The molecule has 0 spiro atoms. The van der Waals surface area contributed by atoms with Gasteiger partial charge in [-0.2, -0.15) is 0 Å². The number of ether oxygens (including phenoxy) is 1. The molecule has 6 rings (SSSR count). The molecule has 1 fully saturated rings. The zero-order chi connectivity index (χ0) is 22.4. The summed E-state index contributed by atoms with van der Waals surface area (Å²) in [6, 6.07) is 17.9. The molecule has 6 nitrogen and oxygen atoms in total. The molecule has 2 aliphatic rings. The lowest BCUT2D eigenvalue weighted by molar-refractivity contribution is 0.0320. The molecule has 2 aromatic carbocycles. The van der Waals surface area contributed by atoms with Gasteiger partial charge < -0.3 is 13.8 Å². The lowest BCUT2D eigenvalue weighted by atomic mass is 9.95. The van der Waals surface area contributed by atoms with E-state index in [0.29, 0.717) is 12.0 Å². The maximum atomic E-state index is 5.58. The first-order valence-corrected chi connectivity index (χ1v) is 12.0. The summed E-state index contributed by atoms with van der Waals surface area (Å²) in [6.07, 6.45) is 2.16. The largest absolute Gasteiger partial charge is 0.379 e. The second-order valence-corrected chi connectivity index (χ2v) is 9.43. The number of fused-ring (bicyclic) bond motifs is 3. The number of hydrogen-bond acceptors (Lipinski definition) is 5. The molecule has 0 unspecified atom stereocenters. The first kappa shape index (κ1) is 20.6. The van der Waals surface area contributed by atoms with Gasteiger partial charge >= 0.3 is 0 Å². The molecular weight excluding hydrogens is 412 g/mol. The Hall–Kier alpha value is -2.96. The van der Waals surface area contributed by atoms with Crippen molar-refractivity contribution in [3.8, 4) is 11.1 Å². The molecule has 4 heterocycles. The molecule has 170 valence electrons. The fourth-order valence-corrected chi connectivity index (χ4v) is 5.69. The van der Waals surface area contributed by atoms with Crippen LogP contribution < -0.4 is 0 Å². The summed E-state index contributed by atoms with van der Waals surface area (Å²) in [5.74, 6) is 2.50. The molecule has 2 atom stereocenters. The zero-order valence-electron chi connectivity index (χ0n) is 19.3. The maximum Gasteiger partial charge on any atom is 0.141 e. The first-order chi connectivity index (χ1) is 16.2. The van der Waals surface area contributed by atoms with Gasteiger partial charge in [0.1, 0.15) is 11.6 Å². The molecule has 2 aromatic heterocycles. The zero-order valence-corrected chi connectivity index (χ0v) is 19.3. The Morgan fingerprint density at radius 1 is 1.03 bits per heavy atom. The van der Waals surface area contributed by atoms with E-state index in [2.05, 4.69) is 63.2 Å². The summed E-state index contributed by atoms with van der Waals surface area (Å²) in [5, 5.41) is 4.14. The van der Waals surface area contributed by atoms with Crippen molar-refractivity contribution in [1.29, 1.82) is 0 Å². The van der Waals surface area contributed by atoms with Crippen molar-refractivity contribution < 1.29 is 9.26 Å². The fourth-order valence-electron chi connectivity index (χ4n) is 5.69. The number of rotatable bonds is 5. The molecule has 6 heteroatoms. The van der Waals surface area contributed by atoms with E-state index in [4.69, 9.17) is 14.2 Å². The average Bonchev–Trinajstić information content (AvgIpc) is 3.48. The monoisotopic (exact) mass is 442 g/mol. The normalized spacial score (nSPS) is 21.0. The van der Waals surface area contributed by atoms with Crippen LogP contribution in [0.4, 0.5) is 0 Å². The summed E-state index contributed by atoms with van der Waals surface area (Å²) in [6.45, 7) is 8.71. The Morgan fingerprint density at radius 2 is 1.85 bits per heavy atom. The van der Waals surface area contributed by atoms with Crippen LogP contribution in [0.5, 0.6) is 0 Å². The predicted octanol–water partition coefficient (Wildman–Crippen LogP) is 4.91. The molecular formula is C27H30N4O2. The molecule has 1 saturated heterocycles. The fraction of sp³-hybridized carbons (Fsp3) is 0.407. The van der Waals surface area contributed by atoms with Gasteiger partial charge in [-0.25, -0.2) is 4.98 Å². The van der Waals surface area contributed by atoms with Crippen molar-refractivity contribution in [3.63, 3.8) is 0 Å². The van der Waals surface area contributed by atoms with Crippen LogP contribution in [0.25, 0.3) is 22.2 Å². The van der Waals surface area contributed by atoms with Crippen molar-refractivity contribution >= 4 is 11.0 Å². The molecule has 0 saturated carbocycles. The van der Waals surface area contributed by atoms with Gasteiger partial charge in [0.05, 0.1) is 29.9 Å². The van der Waals surface area contributed by atoms with Crippen LogP contribution in [0.1, 0.15) is 41.2 Å². The van der Waals surface area contributed by atoms with Crippen LogP contribution >= 0.6 is 0 Å². The van der Waals surface area contributed by atoms with Crippen LogP contribution in [0.2, 0.25) is 0 Å². The standard InChI is InChI=1S/C27H30N4O2/c1-18-26(19(2)33-29-18)21-8-9-25-24(16-21)28-27-22(14-20-6-4-3-5-7-20)15-23(31(25)27)17-30-10-12-32-13-11-30/h3-9,16,22-23H,10-15,17H2,1-2H3/t22-,23+/m1/s1. The van der Waals surface area contributed by atoms with E-state index in [1.807, 2.05) is 13.8 Å². The molecule has 0 amide bonds.